The van der Waals surface area contributed by atoms with Crippen molar-refractivity contribution >= 4 is 10.9 Å². The molecule has 0 radical (unpaired) electrons. The van der Waals surface area contributed by atoms with Gasteiger partial charge in [0.2, 0.25) is 10.9 Å². The Morgan fingerprint density at radius 2 is 1.66 bits per heavy atom. The Labute approximate surface area is 238 Å². The molecule has 214 valence electrons. The van der Waals surface area contributed by atoms with Crippen LogP contribution in [0, 0.1) is 17.6 Å². The second kappa shape index (κ2) is 12.2. The Kier molecular flexibility index (Phi) is 8.51. The van der Waals surface area contributed by atoms with Gasteiger partial charge in [0.05, 0.1) is 12.6 Å². The highest BCUT2D eigenvalue weighted by atomic mass is 32.2. The first-order valence-corrected chi connectivity index (χ1v) is 14.4. The van der Waals surface area contributed by atoms with Gasteiger partial charge in [-0.25, -0.2) is 17.2 Å². The molecule has 1 fully saturated rings. The van der Waals surface area contributed by atoms with Crippen LogP contribution in [0.15, 0.2) is 83.8 Å². The van der Waals surface area contributed by atoms with E-state index < -0.39 is 28.6 Å². The molecule has 1 unspecified atom stereocenters. The van der Waals surface area contributed by atoms with Crippen molar-refractivity contribution in [2.45, 2.75) is 25.8 Å². The topological polar surface area (TPSA) is 77.8 Å². The number of benzene rings is 3. The monoisotopic (exact) mass is 580 g/mol. The molecule has 1 atom stereocenters. The lowest BCUT2D eigenvalue weighted by Crippen LogP contribution is -2.30. The molecule has 1 aliphatic rings. The number of ether oxygens (including phenoxy) is 2. The first kappa shape index (κ1) is 28.5. The molecule has 0 bridgehead atoms. The van der Waals surface area contributed by atoms with Crippen LogP contribution in [-0.2, 0) is 17.9 Å². The number of pyridine rings is 1. The molecule has 4 aromatic rings. The van der Waals surface area contributed by atoms with E-state index in [-0.39, 0.29) is 29.4 Å². The van der Waals surface area contributed by atoms with E-state index in [1.54, 1.807) is 38.4 Å². The van der Waals surface area contributed by atoms with Crippen LogP contribution in [0.25, 0.3) is 11.1 Å². The molecule has 0 aliphatic heterocycles. The Bertz CT molecular complexity index is 1680. The fourth-order valence-corrected chi connectivity index (χ4v) is 5.61. The molecule has 7 nitrogen and oxygen atoms in total. The average molecular weight is 581 g/mol. The van der Waals surface area contributed by atoms with Crippen LogP contribution in [-0.4, -0.2) is 30.4 Å². The normalized spacial score (nSPS) is 13.9. The lowest BCUT2D eigenvalue weighted by molar-refractivity contribution is 0.340. The third-order valence-corrected chi connectivity index (χ3v) is 7.79. The van der Waals surface area contributed by atoms with Crippen LogP contribution in [0.4, 0.5) is 8.78 Å². The molecule has 0 spiro atoms. The molecule has 1 aromatic heterocycles. The predicted molar refractivity (Wildman–Crippen MR) is 153 cm³/mol. The molecule has 3 aromatic carbocycles. The van der Waals surface area contributed by atoms with Gasteiger partial charge in [-0.1, -0.05) is 36.4 Å². The van der Waals surface area contributed by atoms with Crippen molar-refractivity contribution in [1.29, 1.82) is 0 Å². The third kappa shape index (κ3) is 6.49. The van der Waals surface area contributed by atoms with Crippen molar-refractivity contribution < 1.29 is 26.7 Å². The van der Waals surface area contributed by atoms with Gasteiger partial charge in [0.15, 0.2) is 11.6 Å². The number of hydrogen-bond donors (Lipinski definition) is 1. The van der Waals surface area contributed by atoms with Crippen LogP contribution in [0.2, 0.25) is 0 Å². The number of nitrogens with zero attached hydrogens (tertiary/aromatic N) is 2. The summed E-state index contributed by atoms with van der Waals surface area (Å²) < 4.78 is 68.1. The minimum atomic E-state index is -2.94. The fraction of sp³-hybridized carbons (Fsp3) is 0.258. The zero-order valence-electron chi connectivity index (χ0n) is 22.6. The number of thiol groups is 1. The van der Waals surface area contributed by atoms with Crippen molar-refractivity contribution in [1.82, 2.24) is 8.87 Å². The summed E-state index contributed by atoms with van der Waals surface area (Å²) in [5, 5.41) is 0. The maximum absolute atomic E-state index is 14.6. The molecule has 1 aliphatic carbocycles. The first-order valence-electron chi connectivity index (χ1n) is 13.3. The molecule has 41 heavy (non-hydrogen) atoms. The van der Waals surface area contributed by atoms with Crippen LogP contribution in [0.1, 0.15) is 36.9 Å². The summed E-state index contributed by atoms with van der Waals surface area (Å²) >= 11 is 0. The maximum atomic E-state index is 14.6. The molecule has 0 saturated heterocycles. The lowest BCUT2D eigenvalue weighted by atomic mass is 9.94. The highest BCUT2D eigenvalue weighted by Gasteiger charge is 2.32. The summed E-state index contributed by atoms with van der Waals surface area (Å²) in [7, 11) is -1.34. The summed E-state index contributed by atoms with van der Waals surface area (Å²) in [5.41, 5.74) is 2.07. The summed E-state index contributed by atoms with van der Waals surface area (Å²) in [6.45, 7) is 2.45. The SMILES string of the molecule is CCOc1cc(=O)n(C)cc1-c1cc(C(c2ccccc2)N(CC2CC2)[SH](=O)=O)ccc1Oc1ccc(F)cc1F. The van der Waals surface area contributed by atoms with Gasteiger partial charge < -0.3 is 14.0 Å². The van der Waals surface area contributed by atoms with Gasteiger partial charge in [0.1, 0.15) is 17.3 Å². The lowest BCUT2D eigenvalue weighted by Gasteiger charge is -2.28. The van der Waals surface area contributed by atoms with E-state index in [9.17, 15) is 22.0 Å². The van der Waals surface area contributed by atoms with Gasteiger partial charge in [0, 0.05) is 43.0 Å². The zero-order valence-corrected chi connectivity index (χ0v) is 23.5. The van der Waals surface area contributed by atoms with Crippen molar-refractivity contribution in [3.63, 3.8) is 0 Å². The summed E-state index contributed by atoms with van der Waals surface area (Å²) in [6, 6.07) is 18.2. The van der Waals surface area contributed by atoms with Gasteiger partial charge >= 0.3 is 0 Å². The molecular formula is C31H30F2N2O5S. The summed E-state index contributed by atoms with van der Waals surface area (Å²) in [4.78, 5) is 12.5. The second-order valence-electron chi connectivity index (χ2n) is 9.98. The van der Waals surface area contributed by atoms with E-state index in [1.807, 2.05) is 30.3 Å². The van der Waals surface area contributed by atoms with Crippen molar-refractivity contribution in [3.05, 3.63) is 112 Å². The summed E-state index contributed by atoms with van der Waals surface area (Å²) in [5.74, 6) is -1.02. The number of halogens is 2. The molecule has 10 heteroatoms. The second-order valence-corrected chi connectivity index (χ2v) is 11.0. The van der Waals surface area contributed by atoms with Gasteiger partial charge in [0.25, 0.3) is 5.56 Å². The van der Waals surface area contributed by atoms with Crippen molar-refractivity contribution in [2.75, 3.05) is 13.2 Å². The highest BCUT2D eigenvalue weighted by molar-refractivity contribution is 7.69. The fourth-order valence-electron chi connectivity index (χ4n) is 4.79. The van der Waals surface area contributed by atoms with Crippen LogP contribution >= 0.6 is 0 Å². The van der Waals surface area contributed by atoms with Crippen molar-refractivity contribution in [3.8, 4) is 28.4 Å². The zero-order chi connectivity index (χ0) is 29.1. The molecule has 1 saturated carbocycles. The smallest absolute Gasteiger partial charge is 0.254 e. The number of aromatic nitrogens is 1. The van der Waals surface area contributed by atoms with Gasteiger partial charge in [-0.2, -0.15) is 4.31 Å². The Morgan fingerprint density at radius 1 is 0.927 bits per heavy atom. The number of rotatable bonds is 11. The minimum absolute atomic E-state index is 0.194. The first-order chi connectivity index (χ1) is 19.7. The quantitative estimate of drug-likeness (QED) is 0.225. The molecular weight excluding hydrogens is 550 g/mol. The van der Waals surface area contributed by atoms with Gasteiger partial charge in [-0.3, -0.25) is 4.79 Å². The summed E-state index contributed by atoms with van der Waals surface area (Å²) in [6.07, 6.45) is 3.53. The Balaban J connectivity index is 1.72. The van der Waals surface area contributed by atoms with Crippen LogP contribution in [0.5, 0.6) is 17.2 Å². The average Bonchev–Trinajstić information content (AvgIpc) is 3.77. The molecule has 0 N–H and O–H groups in total. The number of hydrogen-bond acceptors (Lipinski definition) is 5. The van der Waals surface area contributed by atoms with Crippen molar-refractivity contribution in [2.24, 2.45) is 13.0 Å². The van der Waals surface area contributed by atoms with Gasteiger partial charge in [-0.15, -0.1) is 0 Å². The van der Waals surface area contributed by atoms with Crippen LogP contribution < -0.4 is 15.0 Å². The maximum Gasteiger partial charge on any atom is 0.254 e. The predicted octanol–water partition coefficient (Wildman–Crippen LogP) is 5.85. The minimum Gasteiger partial charge on any atom is -0.493 e. The van der Waals surface area contributed by atoms with E-state index in [0.29, 0.717) is 29.2 Å². The van der Waals surface area contributed by atoms with Gasteiger partial charge in [-0.05, 0) is 61.1 Å². The molecule has 1 heterocycles. The van der Waals surface area contributed by atoms with E-state index in [0.717, 1.165) is 30.5 Å². The third-order valence-electron chi connectivity index (χ3n) is 6.98. The highest BCUT2D eigenvalue weighted by Crippen LogP contribution is 2.42. The van der Waals surface area contributed by atoms with E-state index in [4.69, 9.17) is 9.47 Å². The Morgan fingerprint density at radius 3 is 2.32 bits per heavy atom. The largest absolute Gasteiger partial charge is 0.493 e. The molecule has 0 amide bonds. The van der Waals surface area contributed by atoms with E-state index in [2.05, 4.69) is 0 Å². The van der Waals surface area contributed by atoms with E-state index >= 15 is 0 Å². The number of aryl methyl sites for hydroxylation is 1. The van der Waals surface area contributed by atoms with E-state index in [1.165, 1.54) is 21.0 Å². The standard InChI is InChI=1S/C31H30F2N2O5S/c1-3-39-29-17-30(36)34(2)19-25(29)24-15-22(11-13-27(24)40-28-14-12-23(32)16-26(28)33)31(21-7-5-4-6-8-21)35(41(37)38)18-20-9-10-20/h4-8,11-17,19-20,31,41H,3,9-10,18H2,1-2H3. The Hall–Kier alpha value is -4.02. The van der Waals surface area contributed by atoms with Crippen LogP contribution in [0.3, 0.4) is 0 Å². The molecule has 5 rings (SSSR count).